The quantitative estimate of drug-likeness (QED) is 0.678. The number of hydrogen-bond acceptors (Lipinski definition) is 4. The summed E-state index contributed by atoms with van der Waals surface area (Å²) in [5.74, 6) is -0.521. The highest BCUT2D eigenvalue weighted by Gasteiger charge is 2.15. The van der Waals surface area contributed by atoms with Crippen LogP contribution in [0.5, 0.6) is 5.75 Å². The van der Waals surface area contributed by atoms with Gasteiger partial charge in [0.05, 0.1) is 14.4 Å². The summed E-state index contributed by atoms with van der Waals surface area (Å²) < 4.78 is 5.27. The molecule has 0 heterocycles. The Labute approximate surface area is 104 Å². The molecule has 16 heavy (non-hydrogen) atoms. The van der Waals surface area contributed by atoms with E-state index in [1.54, 1.807) is 0 Å². The van der Waals surface area contributed by atoms with Crippen molar-refractivity contribution in [2.45, 2.75) is 0 Å². The summed E-state index contributed by atoms with van der Waals surface area (Å²) in [7, 11) is 0. The Bertz CT molecular complexity index is 429. The Kier molecular flexibility index (Phi) is 4.08. The van der Waals surface area contributed by atoms with Gasteiger partial charge in [0.2, 0.25) is 0 Å². The van der Waals surface area contributed by atoms with Gasteiger partial charge in [0.15, 0.2) is 12.4 Å². The Balaban J connectivity index is 3.03. The summed E-state index contributed by atoms with van der Waals surface area (Å²) in [6, 6.07) is 2.35. The Morgan fingerprint density at radius 3 is 2.69 bits per heavy atom. The fourth-order valence-corrected chi connectivity index (χ4v) is 1.88. The molecule has 0 spiro atoms. The molecule has 0 radical (unpaired) electrons. The van der Waals surface area contributed by atoms with Crippen LogP contribution in [-0.4, -0.2) is 17.4 Å². The standard InChI is InChI=1S/C8H6BrClN2O4/c9-5-1-4(12(14)15)2-6(10)8(5)16-3-7(11)13/h1-2H,3H2,(H2,11,13). The number of ether oxygens (including phenoxy) is 1. The number of halogens is 2. The van der Waals surface area contributed by atoms with E-state index in [-0.39, 0.29) is 27.5 Å². The SMILES string of the molecule is NC(=O)COc1c(Cl)cc([N+](=O)[O-])cc1Br. The van der Waals surface area contributed by atoms with Crippen molar-refractivity contribution in [2.75, 3.05) is 6.61 Å². The van der Waals surface area contributed by atoms with Gasteiger partial charge in [0.1, 0.15) is 0 Å². The van der Waals surface area contributed by atoms with E-state index in [2.05, 4.69) is 15.9 Å². The maximum absolute atomic E-state index is 10.5. The van der Waals surface area contributed by atoms with Crippen molar-refractivity contribution >= 4 is 39.1 Å². The number of primary amides is 1. The molecular formula is C8H6BrClN2O4. The first-order chi connectivity index (χ1) is 7.41. The Morgan fingerprint density at radius 2 is 2.25 bits per heavy atom. The van der Waals surface area contributed by atoms with Crippen LogP contribution in [-0.2, 0) is 4.79 Å². The zero-order valence-electron chi connectivity index (χ0n) is 7.78. The first-order valence-electron chi connectivity index (χ1n) is 3.96. The Morgan fingerprint density at radius 1 is 1.62 bits per heavy atom. The molecule has 0 aliphatic heterocycles. The van der Waals surface area contributed by atoms with Crippen molar-refractivity contribution in [3.8, 4) is 5.75 Å². The highest BCUT2D eigenvalue weighted by atomic mass is 79.9. The number of amides is 1. The molecule has 0 fully saturated rings. The summed E-state index contributed by atoms with van der Waals surface area (Å²) in [5, 5.41) is 10.5. The molecule has 0 unspecified atom stereocenters. The van der Waals surface area contributed by atoms with Crippen molar-refractivity contribution in [1.82, 2.24) is 0 Å². The fraction of sp³-hybridized carbons (Fsp3) is 0.125. The van der Waals surface area contributed by atoms with E-state index in [0.29, 0.717) is 0 Å². The minimum Gasteiger partial charge on any atom is -0.481 e. The first kappa shape index (κ1) is 12.7. The lowest BCUT2D eigenvalue weighted by Crippen LogP contribution is -2.20. The number of nitrogens with zero attached hydrogens (tertiary/aromatic N) is 1. The van der Waals surface area contributed by atoms with Gasteiger partial charge in [-0.25, -0.2) is 0 Å². The number of rotatable bonds is 4. The number of hydrogen-bond donors (Lipinski definition) is 1. The van der Waals surface area contributed by atoms with E-state index in [4.69, 9.17) is 22.1 Å². The van der Waals surface area contributed by atoms with Crippen LogP contribution >= 0.6 is 27.5 Å². The summed E-state index contributed by atoms with van der Waals surface area (Å²) in [6.07, 6.45) is 0. The second-order valence-electron chi connectivity index (χ2n) is 2.75. The number of non-ortho nitro benzene ring substituents is 1. The van der Waals surface area contributed by atoms with Crippen LogP contribution < -0.4 is 10.5 Å². The van der Waals surface area contributed by atoms with Gasteiger partial charge in [-0.2, -0.15) is 0 Å². The monoisotopic (exact) mass is 308 g/mol. The van der Waals surface area contributed by atoms with Gasteiger partial charge < -0.3 is 10.5 Å². The van der Waals surface area contributed by atoms with Crippen molar-refractivity contribution in [3.63, 3.8) is 0 Å². The molecule has 0 atom stereocenters. The summed E-state index contributed by atoms with van der Waals surface area (Å²) in [5.41, 5.74) is 4.71. The zero-order valence-corrected chi connectivity index (χ0v) is 10.1. The highest BCUT2D eigenvalue weighted by Crippen LogP contribution is 2.36. The van der Waals surface area contributed by atoms with E-state index in [0.717, 1.165) is 6.07 Å². The predicted octanol–water partition coefficient (Wildman–Crippen LogP) is 1.87. The molecule has 2 N–H and O–H groups in total. The average Bonchev–Trinajstić information content (AvgIpc) is 2.15. The van der Waals surface area contributed by atoms with Gasteiger partial charge in [-0.1, -0.05) is 11.6 Å². The van der Waals surface area contributed by atoms with E-state index in [1.165, 1.54) is 6.07 Å². The molecule has 1 aromatic carbocycles. The van der Waals surface area contributed by atoms with E-state index < -0.39 is 10.8 Å². The van der Waals surface area contributed by atoms with Crippen LogP contribution in [0.1, 0.15) is 0 Å². The minimum absolute atomic E-state index is 0.0299. The minimum atomic E-state index is -0.665. The third-order valence-electron chi connectivity index (χ3n) is 1.55. The van der Waals surface area contributed by atoms with Crippen molar-refractivity contribution in [1.29, 1.82) is 0 Å². The highest BCUT2D eigenvalue weighted by molar-refractivity contribution is 9.10. The molecule has 0 aromatic heterocycles. The zero-order chi connectivity index (χ0) is 12.3. The van der Waals surface area contributed by atoms with Crippen LogP contribution in [0.25, 0.3) is 0 Å². The normalized spacial score (nSPS) is 9.88. The number of carbonyl (C=O) groups is 1. The number of nitro benzene ring substituents is 1. The number of benzene rings is 1. The van der Waals surface area contributed by atoms with Crippen LogP contribution in [0.4, 0.5) is 5.69 Å². The van der Waals surface area contributed by atoms with E-state index in [9.17, 15) is 14.9 Å². The van der Waals surface area contributed by atoms with Gasteiger partial charge in [0.25, 0.3) is 11.6 Å². The second-order valence-corrected chi connectivity index (χ2v) is 4.01. The summed E-state index contributed by atoms with van der Waals surface area (Å²) in [4.78, 5) is 20.4. The maximum atomic E-state index is 10.5. The molecule has 1 rings (SSSR count). The van der Waals surface area contributed by atoms with Crippen molar-refractivity contribution < 1.29 is 14.5 Å². The van der Waals surface area contributed by atoms with E-state index >= 15 is 0 Å². The third kappa shape index (κ3) is 3.07. The molecule has 6 nitrogen and oxygen atoms in total. The Hall–Kier alpha value is -1.34. The topological polar surface area (TPSA) is 95.5 Å². The molecule has 0 saturated heterocycles. The molecule has 86 valence electrons. The molecule has 0 aliphatic rings. The number of nitro groups is 1. The number of carbonyl (C=O) groups excluding carboxylic acids is 1. The van der Waals surface area contributed by atoms with Gasteiger partial charge in [-0.15, -0.1) is 0 Å². The largest absolute Gasteiger partial charge is 0.481 e. The number of nitrogens with two attached hydrogens (primary N) is 1. The lowest BCUT2D eigenvalue weighted by molar-refractivity contribution is -0.384. The third-order valence-corrected chi connectivity index (χ3v) is 2.42. The van der Waals surface area contributed by atoms with Crippen molar-refractivity contribution in [3.05, 3.63) is 31.7 Å². The van der Waals surface area contributed by atoms with Gasteiger partial charge in [-0.05, 0) is 15.9 Å². The van der Waals surface area contributed by atoms with Crippen LogP contribution in [0, 0.1) is 10.1 Å². The molecular weight excluding hydrogens is 303 g/mol. The average molecular weight is 310 g/mol. The predicted molar refractivity (Wildman–Crippen MR) is 60.5 cm³/mol. The van der Waals surface area contributed by atoms with Crippen LogP contribution in [0.3, 0.4) is 0 Å². The van der Waals surface area contributed by atoms with Gasteiger partial charge in [-0.3, -0.25) is 14.9 Å². The van der Waals surface area contributed by atoms with Crippen molar-refractivity contribution in [2.24, 2.45) is 5.73 Å². The molecule has 8 heteroatoms. The molecule has 0 saturated carbocycles. The first-order valence-corrected chi connectivity index (χ1v) is 5.13. The fourth-order valence-electron chi connectivity index (χ4n) is 0.933. The van der Waals surface area contributed by atoms with Crippen LogP contribution in [0.2, 0.25) is 5.02 Å². The maximum Gasteiger partial charge on any atom is 0.272 e. The van der Waals surface area contributed by atoms with E-state index in [1.807, 2.05) is 0 Å². The van der Waals surface area contributed by atoms with Crippen LogP contribution in [0.15, 0.2) is 16.6 Å². The molecule has 1 aromatic rings. The second kappa shape index (κ2) is 5.13. The lowest BCUT2D eigenvalue weighted by atomic mass is 10.3. The summed E-state index contributed by atoms with van der Waals surface area (Å²) >= 11 is 8.80. The molecule has 0 bridgehead atoms. The smallest absolute Gasteiger partial charge is 0.272 e. The lowest BCUT2D eigenvalue weighted by Gasteiger charge is -2.07. The van der Waals surface area contributed by atoms with Gasteiger partial charge >= 0.3 is 0 Å². The molecule has 1 amide bonds. The van der Waals surface area contributed by atoms with Gasteiger partial charge in [0, 0.05) is 12.1 Å². The molecule has 0 aliphatic carbocycles. The summed E-state index contributed by atoms with van der Waals surface area (Å²) in [6.45, 7) is -0.351.